The molecule has 1 N–H and O–H groups in total. The van der Waals surface area contributed by atoms with Gasteiger partial charge in [0.05, 0.1) is 12.8 Å². The highest BCUT2D eigenvalue weighted by molar-refractivity contribution is 7.13. The summed E-state index contributed by atoms with van der Waals surface area (Å²) in [5.74, 6) is 1.09. The van der Waals surface area contributed by atoms with Crippen LogP contribution in [0, 0.1) is 0 Å². The van der Waals surface area contributed by atoms with Crippen LogP contribution in [0.15, 0.2) is 78.2 Å². The van der Waals surface area contributed by atoms with E-state index in [-0.39, 0.29) is 12.5 Å². The minimum absolute atomic E-state index is 0.0893. The van der Waals surface area contributed by atoms with Crippen LogP contribution in [0.1, 0.15) is 0 Å². The Hall–Kier alpha value is -3.35. The van der Waals surface area contributed by atoms with Gasteiger partial charge in [-0.05, 0) is 48.5 Å². The average molecular weight is 451 g/mol. The molecule has 0 saturated heterocycles. The van der Waals surface area contributed by atoms with Gasteiger partial charge in [0.2, 0.25) is 0 Å². The van der Waals surface area contributed by atoms with Crippen LogP contribution in [0.5, 0.6) is 11.5 Å². The van der Waals surface area contributed by atoms with Crippen LogP contribution in [0.3, 0.4) is 0 Å². The first kappa shape index (κ1) is 20.9. The van der Waals surface area contributed by atoms with E-state index in [9.17, 15) is 4.79 Å². The lowest BCUT2D eigenvalue weighted by atomic mass is 10.1. The monoisotopic (exact) mass is 450 g/mol. The molecule has 4 rings (SSSR count). The molecule has 0 fully saturated rings. The summed E-state index contributed by atoms with van der Waals surface area (Å²) >= 11 is 7.52. The maximum Gasteiger partial charge on any atom is 0.262 e. The molecule has 0 saturated carbocycles. The molecular formula is C24H19ClN2O3S. The number of anilines is 1. The van der Waals surface area contributed by atoms with Crippen LogP contribution in [-0.2, 0) is 4.79 Å². The number of nitrogens with one attached hydrogen (secondary N) is 1. The number of ether oxygens (including phenoxy) is 2. The number of thiazole rings is 1. The number of hydrogen-bond donors (Lipinski definition) is 1. The number of carbonyl (C=O) groups is 1. The zero-order valence-corrected chi connectivity index (χ0v) is 18.2. The zero-order valence-electron chi connectivity index (χ0n) is 16.7. The first-order chi connectivity index (χ1) is 15.1. The minimum Gasteiger partial charge on any atom is -0.497 e. The minimum atomic E-state index is -0.243. The SMILES string of the molecule is COc1ccc(OCC(=O)Nc2cccc(-c3csc(-c4ccc(Cl)cc4)n3)c2)cc1. The fourth-order valence-electron chi connectivity index (χ4n) is 2.91. The van der Waals surface area contributed by atoms with E-state index in [0.717, 1.165) is 27.6 Å². The van der Waals surface area contributed by atoms with Crippen molar-refractivity contribution in [3.63, 3.8) is 0 Å². The fraction of sp³-hybridized carbons (Fsp3) is 0.0833. The second kappa shape index (κ2) is 9.64. The Kier molecular flexibility index (Phi) is 6.50. The molecule has 4 aromatic rings. The van der Waals surface area contributed by atoms with E-state index in [4.69, 9.17) is 26.1 Å². The molecule has 7 heteroatoms. The van der Waals surface area contributed by atoms with Gasteiger partial charge in [0.15, 0.2) is 6.61 Å². The van der Waals surface area contributed by atoms with Crippen LogP contribution in [0.4, 0.5) is 5.69 Å². The lowest BCUT2D eigenvalue weighted by Crippen LogP contribution is -2.20. The topological polar surface area (TPSA) is 60.5 Å². The van der Waals surface area contributed by atoms with Gasteiger partial charge in [-0.25, -0.2) is 4.98 Å². The Morgan fingerprint density at radius 3 is 2.48 bits per heavy atom. The third-order valence-corrected chi connectivity index (χ3v) is 5.61. The average Bonchev–Trinajstić information content (AvgIpc) is 3.29. The highest BCUT2D eigenvalue weighted by Gasteiger charge is 2.09. The van der Waals surface area contributed by atoms with Crippen molar-refractivity contribution >= 4 is 34.5 Å². The van der Waals surface area contributed by atoms with E-state index in [2.05, 4.69) is 5.32 Å². The van der Waals surface area contributed by atoms with Crippen LogP contribution < -0.4 is 14.8 Å². The molecule has 31 heavy (non-hydrogen) atoms. The molecule has 3 aromatic carbocycles. The van der Waals surface area contributed by atoms with Crippen molar-refractivity contribution in [3.8, 4) is 33.3 Å². The molecule has 0 atom stereocenters. The molecule has 0 unspecified atom stereocenters. The molecule has 0 bridgehead atoms. The summed E-state index contributed by atoms with van der Waals surface area (Å²) in [6.07, 6.45) is 0. The molecule has 1 heterocycles. The number of nitrogens with zero attached hydrogens (tertiary/aromatic N) is 1. The molecule has 156 valence electrons. The predicted octanol–water partition coefficient (Wildman–Crippen LogP) is 6.16. The second-order valence-corrected chi connectivity index (χ2v) is 7.93. The van der Waals surface area contributed by atoms with Gasteiger partial charge in [-0.1, -0.05) is 35.9 Å². The fourth-order valence-corrected chi connectivity index (χ4v) is 3.87. The summed E-state index contributed by atoms with van der Waals surface area (Å²) in [5.41, 5.74) is 3.47. The Morgan fingerprint density at radius 2 is 1.74 bits per heavy atom. The number of benzene rings is 3. The quantitative estimate of drug-likeness (QED) is 0.366. The number of halogens is 1. The van der Waals surface area contributed by atoms with E-state index in [1.165, 1.54) is 0 Å². The summed E-state index contributed by atoms with van der Waals surface area (Å²) in [5, 5.41) is 6.47. The van der Waals surface area contributed by atoms with E-state index in [0.29, 0.717) is 16.5 Å². The summed E-state index contributed by atoms with van der Waals surface area (Å²) in [4.78, 5) is 17.0. The molecule has 0 spiro atoms. The maximum absolute atomic E-state index is 12.3. The van der Waals surface area contributed by atoms with E-state index in [1.807, 2.05) is 53.9 Å². The van der Waals surface area contributed by atoms with Gasteiger partial charge in [-0.15, -0.1) is 11.3 Å². The largest absolute Gasteiger partial charge is 0.497 e. The first-order valence-electron chi connectivity index (χ1n) is 9.49. The lowest BCUT2D eigenvalue weighted by Gasteiger charge is -2.09. The molecule has 0 aliphatic rings. The predicted molar refractivity (Wildman–Crippen MR) is 125 cm³/mol. The normalized spacial score (nSPS) is 10.5. The van der Waals surface area contributed by atoms with Crippen molar-refractivity contribution in [1.29, 1.82) is 0 Å². The van der Waals surface area contributed by atoms with Gasteiger partial charge in [0.25, 0.3) is 5.91 Å². The van der Waals surface area contributed by atoms with Gasteiger partial charge >= 0.3 is 0 Å². The van der Waals surface area contributed by atoms with Crippen molar-refractivity contribution in [2.45, 2.75) is 0 Å². The lowest BCUT2D eigenvalue weighted by molar-refractivity contribution is -0.118. The molecule has 0 aliphatic carbocycles. The Balaban J connectivity index is 1.40. The summed E-state index contributed by atoms with van der Waals surface area (Å²) in [6, 6.07) is 22.2. The van der Waals surface area contributed by atoms with Crippen molar-refractivity contribution in [2.24, 2.45) is 0 Å². The standard InChI is InChI=1S/C24H19ClN2O3S/c1-29-20-9-11-21(12-10-20)30-14-23(28)26-19-4-2-3-17(13-19)22-15-31-24(27-22)16-5-7-18(25)8-6-16/h2-13,15H,14H2,1H3,(H,26,28). The van der Waals surface area contributed by atoms with Crippen molar-refractivity contribution in [1.82, 2.24) is 4.98 Å². The highest BCUT2D eigenvalue weighted by atomic mass is 35.5. The third kappa shape index (κ3) is 5.42. The molecule has 0 radical (unpaired) electrons. The smallest absolute Gasteiger partial charge is 0.262 e. The number of rotatable bonds is 7. The first-order valence-corrected chi connectivity index (χ1v) is 10.7. The summed E-state index contributed by atoms with van der Waals surface area (Å²) in [7, 11) is 1.60. The van der Waals surface area contributed by atoms with Gasteiger partial charge in [0, 0.05) is 27.2 Å². The molecule has 1 aromatic heterocycles. The second-order valence-electron chi connectivity index (χ2n) is 6.64. The molecule has 1 amide bonds. The molecule has 5 nitrogen and oxygen atoms in total. The van der Waals surface area contributed by atoms with Gasteiger partial charge in [0.1, 0.15) is 16.5 Å². The van der Waals surface area contributed by atoms with Crippen molar-refractivity contribution in [2.75, 3.05) is 19.0 Å². The third-order valence-electron chi connectivity index (χ3n) is 4.47. The van der Waals surface area contributed by atoms with E-state index >= 15 is 0 Å². The Bertz CT molecular complexity index is 1170. The Labute approximate surface area is 189 Å². The van der Waals surface area contributed by atoms with Gasteiger partial charge < -0.3 is 14.8 Å². The number of hydrogen-bond acceptors (Lipinski definition) is 5. The van der Waals surface area contributed by atoms with E-state index in [1.54, 1.807) is 42.7 Å². The summed E-state index contributed by atoms with van der Waals surface area (Å²) in [6.45, 7) is -0.0893. The molecule has 0 aliphatic heterocycles. The van der Waals surface area contributed by atoms with Crippen LogP contribution in [0.2, 0.25) is 5.02 Å². The number of aromatic nitrogens is 1. The molecular weight excluding hydrogens is 432 g/mol. The number of carbonyl (C=O) groups excluding carboxylic acids is 1. The van der Waals surface area contributed by atoms with Crippen LogP contribution in [0.25, 0.3) is 21.8 Å². The van der Waals surface area contributed by atoms with Crippen molar-refractivity contribution < 1.29 is 14.3 Å². The van der Waals surface area contributed by atoms with Crippen LogP contribution >= 0.6 is 22.9 Å². The highest BCUT2D eigenvalue weighted by Crippen LogP contribution is 2.30. The van der Waals surface area contributed by atoms with Gasteiger partial charge in [-0.3, -0.25) is 4.79 Å². The maximum atomic E-state index is 12.3. The summed E-state index contributed by atoms with van der Waals surface area (Å²) < 4.78 is 10.6. The van der Waals surface area contributed by atoms with Crippen LogP contribution in [-0.4, -0.2) is 24.6 Å². The number of methoxy groups -OCH3 is 1. The van der Waals surface area contributed by atoms with Gasteiger partial charge in [-0.2, -0.15) is 0 Å². The Morgan fingerprint density at radius 1 is 1.00 bits per heavy atom. The van der Waals surface area contributed by atoms with Crippen molar-refractivity contribution in [3.05, 3.63) is 83.2 Å². The number of amides is 1. The van der Waals surface area contributed by atoms with E-state index < -0.39 is 0 Å². The zero-order chi connectivity index (χ0) is 21.6.